The van der Waals surface area contributed by atoms with Crippen molar-refractivity contribution in [2.75, 3.05) is 6.54 Å². The van der Waals surface area contributed by atoms with Crippen LogP contribution in [0.25, 0.3) is 0 Å². The summed E-state index contributed by atoms with van der Waals surface area (Å²) in [6.45, 7) is 4.02. The number of hydrogen-bond acceptors (Lipinski definition) is 3. The average molecular weight is 211 g/mol. The molecule has 0 aromatic carbocycles. The molecule has 0 saturated carbocycles. The van der Waals surface area contributed by atoms with Gasteiger partial charge in [0, 0.05) is 0 Å². The number of rotatable bonds is 6. The lowest BCUT2D eigenvalue weighted by Gasteiger charge is -2.31. The van der Waals surface area contributed by atoms with E-state index < -0.39 is 13.4 Å². The molecule has 0 saturated heterocycles. The number of phosphoric ester groups is 1. The van der Waals surface area contributed by atoms with Crippen molar-refractivity contribution >= 4 is 7.82 Å². The molecule has 13 heavy (non-hydrogen) atoms. The van der Waals surface area contributed by atoms with Gasteiger partial charge in [0.25, 0.3) is 0 Å². The molecular weight excluding hydrogens is 193 g/mol. The molecule has 0 radical (unpaired) electrons. The third-order valence-corrected chi connectivity index (χ3v) is 2.83. The van der Waals surface area contributed by atoms with E-state index in [0.29, 0.717) is 25.8 Å². The van der Waals surface area contributed by atoms with Gasteiger partial charge in [-0.1, -0.05) is 13.8 Å². The van der Waals surface area contributed by atoms with E-state index in [1.807, 2.05) is 13.8 Å². The predicted octanol–water partition coefficient (Wildman–Crippen LogP) is 1.00. The summed E-state index contributed by atoms with van der Waals surface area (Å²) in [6.07, 6.45) is 1.56. The first-order chi connectivity index (χ1) is 5.89. The molecule has 0 amide bonds. The maximum absolute atomic E-state index is 10.7. The standard InChI is InChI=1S/C7H18NO4P/c1-3-7(4-2,5-6-8)12-13(9,10)11/h3-6,8H2,1-2H3,(H2,9,10,11). The Morgan fingerprint density at radius 2 is 1.85 bits per heavy atom. The minimum absolute atomic E-state index is 0.363. The fourth-order valence-corrected chi connectivity index (χ4v) is 2.15. The van der Waals surface area contributed by atoms with Gasteiger partial charge in [0.05, 0.1) is 5.60 Å². The maximum Gasteiger partial charge on any atom is 0.470 e. The fraction of sp³-hybridized carbons (Fsp3) is 1.00. The monoisotopic (exact) mass is 211 g/mol. The summed E-state index contributed by atoms with van der Waals surface area (Å²) >= 11 is 0. The number of phosphoric acid groups is 1. The zero-order valence-corrected chi connectivity index (χ0v) is 8.96. The Morgan fingerprint density at radius 3 is 2.08 bits per heavy atom. The summed E-state index contributed by atoms with van der Waals surface area (Å²) in [5.41, 5.74) is 4.58. The Morgan fingerprint density at radius 1 is 1.38 bits per heavy atom. The van der Waals surface area contributed by atoms with Gasteiger partial charge in [-0.3, -0.25) is 4.52 Å². The van der Waals surface area contributed by atoms with Crippen LogP contribution < -0.4 is 5.73 Å². The summed E-state index contributed by atoms with van der Waals surface area (Å²) < 4.78 is 15.4. The van der Waals surface area contributed by atoms with Crippen molar-refractivity contribution in [2.24, 2.45) is 5.73 Å². The first-order valence-electron chi connectivity index (χ1n) is 4.35. The van der Waals surface area contributed by atoms with Crippen molar-refractivity contribution < 1.29 is 18.9 Å². The second-order valence-corrected chi connectivity index (χ2v) is 4.17. The highest BCUT2D eigenvalue weighted by Crippen LogP contribution is 2.44. The molecule has 6 heteroatoms. The Bertz CT molecular complexity index is 187. The lowest BCUT2D eigenvalue weighted by Crippen LogP contribution is -2.32. The van der Waals surface area contributed by atoms with E-state index in [0.717, 1.165) is 0 Å². The molecule has 0 bridgehead atoms. The zero-order valence-electron chi connectivity index (χ0n) is 8.06. The van der Waals surface area contributed by atoms with E-state index in [1.54, 1.807) is 0 Å². The summed E-state index contributed by atoms with van der Waals surface area (Å²) in [5.74, 6) is 0. The second-order valence-electron chi connectivity index (χ2n) is 3.01. The first kappa shape index (κ1) is 13.1. The van der Waals surface area contributed by atoms with Crippen molar-refractivity contribution in [3.05, 3.63) is 0 Å². The molecule has 0 aliphatic rings. The van der Waals surface area contributed by atoms with Crippen LogP contribution >= 0.6 is 7.82 Å². The van der Waals surface area contributed by atoms with Gasteiger partial charge in [-0.2, -0.15) is 0 Å². The van der Waals surface area contributed by atoms with Crippen LogP contribution in [0.15, 0.2) is 0 Å². The van der Waals surface area contributed by atoms with Crippen LogP contribution in [0.5, 0.6) is 0 Å². The quantitative estimate of drug-likeness (QED) is 0.570. The number of hydrogen-bond donors (Lipinski definition) is 3. The van der Waals surface area contributed by atoms with Gasteiger partial charge in [-0.15, -0.1) is 0 Å². The van der Waals surface area contributed by atoms with Gasteiger partial charge in [0.15, 0.2) is 0 Å². The van der Waals surface area contributed by atoms with E-state index in [-0.39, 0.29) is 0 Å². The van der Waals surface area contributed by atoms with Crippen LogP contribution in [-0.2, 0) is 9.09 Å². The molecule has 0 aliphatic carbocycles. The van der Waals surface area contributed by atoms with Crippen molar-refractivity contribution in [3.8, 4) is 0 Å². The summed E-state index contributed by atoms with van der Waals surface area (Å²) in [7, 11) is -4.41. The Labute approximate surface area is 78.5 Å². The van der Waals surface area contributed by atoms with Crippen LogP contribution in [0.1, 0.15) is 33.1 Å². The molecule has 4 N–H and O–H groups in total. The highest BCUT2D eigenvalue weighted by molar-refractivity contribution is 7.46. The van der Waals surface area contributed by atoms with E-state index in [9.17, 15) is 4.57 Å². The van der Waals surface area contributed by atoms with Crippen LogP contribution in [-0.4, -0.2) is 21.9 Å². The minimum Gasteiger partial charge on any atom is -0.330 e. The summed E-state index contributed by atoms with van der Waals surface area (Å²) in [6, 6.07) is 0. The van der Waals surface area contributed by atoms with Crippen LogP contribution in [0.3, 0.4) is 0 Å². The molecule has 0 aromatic rings. The zero-order chi connectivity index (χ0) is 10.5. The van der Waals surface area contributed by atoms with Gasteiger partial charge < -0.3 is 15.5 Å². The van der Waals surface area contributed by atoms with Crippen LogP contribution in [0.4, 0.5) is 0 Å². The van der Waals surface area contributed by atoms with Gasteiger partial charge >= 0.3 is 7.82 Å². The predicted molar refractivity (Wildman–Crippen MR) is 50.1 cm³/mol. The highest BCUT2D eigenvalue weighted by atomic mass is 31.2. The largest absolute Gasteiger partial charge is 0.470 e. The van der Waals surface area contributed by atoms with Crippen molar-refractivity contribution in [3.63, 3.8) is 0 Å². The molecule has 0 aromatic heterocycles. The Balaban J connectivity index is 4.47. The van der Waals surface area contributed by atoms with Gasteiger partial charge in [-0.25, -0.2) is 4.57 Å². The topological polar surface area (TPSA) is 92.8 Å². The third-order valence-electron chi connectivity index (χ3n) is 2.20. The lowest BCUT2D eigenvalue weighted by atomic mass is 9.94. The fourth-order valence-electron chi connectivity index (χ4n) is 1.29. The average Bonchev–Trinajstić information content (AvgIpc) is 2.01. The van der Waals surface area contributed by atoms with Gasteiger partial charge in [0.2, 0.25) is 0 Å². The SMILES string of the molecule is CCC(CC)(CCN)OP(=O)(O)O. The Hall–Kier alpha value is 0.0700. The minimum atomic E-state index is -4.41. The number of nitrogens with two attached hydrogens (primary N) is 1. The first-order valence-corrected chi connectivity index (χ1v) is 5.88. The van der Waals surface area contributed by atoms with Crippen molar-refractivity contribution in [1.29, 1.82) is 0 Å². The molecule has 0 aliphatic heterocycles. The molecular formula is C7H18NO4P. The Kier molecular flexibility index (Phi) is 5.10. The molecule has 5 nitrogen and oxygen atoms in total. The summed E-state index contributed by atoms with van der Waals surface area (Å²) in [4.78, 5) is 17.4. The molecule has 0 fully saturated rings. The van der Waals surface area contributed by atoms with Crippen molar-refractivity contribution in [1.82, 2.24) is 0 Å². The molecule has 0 spiro atoms. The van der Waals surface area contributed by atoms with E-state index in [4.69, 9.17) is 20.0 Å². The molecule has 0 heterocycles. The second kappa shape index (κ2) is 5.08. The molecule has 0 atom stereocenters. The van der Waals surface area contributed by atoms with Gasteiger partial charge in [0.1, 0.15) is 0 Å². The smallest absolute Gasteiger partial charge is 0.330 e. The van der Waals surface area contributed by atoms with E-state index in [1.165, 1.54) is 0 Å². The highest BCUT2D eigenvalue weighted by Gasteiger charge is 2.33. The van der Waals surface area contributed by atoms with Crippen LogP contribution in [0.2, 0.25) is 0 Å². The molecule has 0 rings (SSSR count). The van der Waals surface area contributed by atoms with E-state index in [2.05, 4.69) is 0 Å². The summed E-state index contributed by atoms with van der Waals surface area (Å²) in [5, 5.41) is 0. The molecule has 0 unspecified atom stereocenters. The molecule has 80 valence electrons. The van der Waals surface area contributed by atoms with E-state index >= 15 is 0 Å². The van der Waals surface area contributed by atoms with Crippen LogP contribution in [0, 0.1) is 0 Å². The maximum atomic E-state index is 10.7. The lowest BCUT2D eigenvalue weighted by molar-refractivity contribution is 0.0215. The van der Waals surface area contributed by atoms with Gasteiger partial charge in [-0.05, 0) is 25.8 Å². The van der Waals surface area contributed by atoms with Crippen molar-refractivity contribution in [2.45, 2.75) is 38.7 Å². The normalized spacial score (nSPS) is 13.3. The third kappa shape index (κ3) is 4.74.